The molecule has 5 heteroatoms. The first-order valence-corrected chi connectivity index (χ1v) is 8.39. The fourth-order valence-electron chi connectivity index (χ4n) is 3.01. The molecule has 2 N–H and O–H groups in total. The molecular weight excluding hydrogens is 290 g/mol. The molecule has 0 saturated carbocycles. The number of amides is 3. The molecule has 0 unspecified atom stereocenters. The number of nitrogens with one attached hydrogen (secondary N) is 2. The molecule has 1 fully saturated rings. The number of urea groups is 1. The second-order valence-electron chi connectivity index (χ2n) is 6.21. The third kappa shape index (κ3) is 4.47. The molecule has 0 aromatic heterocycles. The Labute approximate surface area is 138 Å². The van der Waals surface area contributed by atoms with E-state index in [4.69, 9.17) is 0 Å². The molecule has 23 heavy (non-hydrogen) atoms. The molecule has 0 radical (unpaired) electrons. The molecule has 3 amide bonds. The van der Waals surface area contributed by atoms with Gasteiger partial charge >= 0.3 is 6.03 Å². The van der Waals surface area contributed by atoms with Gasteiger partial charge in [-0.1, -0.05) is 36.8 Å². The Balaban J connectivity index is 1.96. The standard InChI is InChI=1S/C18H27N3O2/c1-4-15(12-14-9-7-13(2)8-10-14)20-18(23)21-11-5-6-16(21)17(22)19-3/h7-10,15-16H,4-6,11-12H2,1-3H3,(H,19,22)(H,20,23)/t15-,16-/m1/s1. The normalized spacial score (nSPS) is 18.6. The predicted molar refractivity (Wildman–Crippen MR) is 91.3 cm³/mol. The Bertz CT molecular complexity index is 542. The molecule has 1 aliphatic heterocycles. The zero-order chi connectivity index (χ0) is 16.8. The van der Waals surface area contributed by atoms with Gasteiger partial charge in [0.2, 0.25) is 5.91 Å². The second-order valence-corrected chi connectivity index (χ2v) is 6.21. The van der Waals surface area contributed by atoms with Crippen LogP contribution in [0.5, 0.6) is 0 Å². The van der Waals surface area contributed by atoms with Crippen molar-refractivity contribution < 1.29 is 9.59 Å². The van der Waals surface area contributed by atoms with Crippen molar-refractivity contribution in [1.82, 2.24) is 15.5 Å². The van der Waals surface area contributed by atoms with Crippen LogP contribution in [-0.2, 0) is 11.2 Å². The van der Waals surface area contributed by atoms with E-state index >= 15 is 0 Å². The van der Waals surface area contributed by atoms with Gasteiger partial charge in [0.05, 0.1) is 0 Å². The van der Waals surface area contributed by atoms with E-state index in [1.807, 2.05) is 0 Å². The van der Waals surface area contributed by atoms with E-state index in [1.54, 1.807) is 11.9 Å². The highest BCUT2D eigenvalue weighted by atomic mass is 16.2. The van der Waals surface area contributed by atoms with Crippen molar-refractivity contribution in [1.29, 1.82) is 0 Å². The van der Waals surface area contributed by atoms with Crippen LogP contribution in [0.25, 0.3) is 0 Å². The number of aryl methyl sites for hydroxylation is 1. The number of hydrogen-bond donors (Lipinski definition) is 2. The van der Waals surface area contributed by atoms with Gasteiger partial charge < -0.3 is 15.5 Å². The van der Waals surface area contributed by atoms with Crippen molar-refractivity contribution in [2.24, 2.45) is 0 Å². The van der Waals surface area contributed by atoms with Crippen molar-refractivity contribution in [2.45, 2.75) is 51.6 Å². The Kier molecular flexibility index (Phi) is 6.02. The summed E-state index contributed by atoms with van der Waals surface area (Å²) in [6, 6.07) is 8.00. The average Bonchev–Trinajstić information content (AvgIpc) is 3.05. The van der Waals surface area contributed by atoms with Crippen LogP contribution in [0.15, 0.2) is 24.3 Å². The highest BCUT2D eigenvalue weighted by Crippen LogP contribution is 2.18. The van der Waals surface area contributed by atoms with E-state index in [0.29, 0.717) is 6.54 Å². The molecule has 5 nitrogen and oxygen atoms in total. The van der Waals surface area contributed by atoms with E-state index in [0.717, 1.165) is 25.7 Å². The van der Waals surface area contributed by atoms with E-state index in [-0.39, 0.29) is 24.0 Å². The summed E-state index contributed by atoms with van der Waals surface area (Å²) in [6.07, 6.45) is 3.28. The first-order valence-electron chi connectivity index (χ1n) is 8.39. The smallest absolute Gasteiger partial charge is 0.318 e. The lowest BCUT2D eigenvalue weighted by molar-refractivity contribution is -0.124. The summed E-state index contributed by atoms with van der Waals surface area (Å²) in [4.78, 5) is 26.1. The fourth-order valence-corrected chi connectivity index (χ4v) is 3.01. The molecule has 1 saturated heterocycles. The molecule has 1 aromatic rings. The van der Waals surface area contributed by atoms with Crippen LogP contribution in [0.3, 0.4) is 0 Å². The highest BCUT2D eigenvalue weighted by molar-refractivity contribution is 5.87. The molecule has 0 bridgehead atoms. The number of carbonyl (C=O) groups is 2. The van der Waals surface area contributed by atoms with Crippen molar-refractivity contribution >= 4 is 11.9 Å². The van der Waals surface area contributed by atoms with Gasteiger partial charge in [-0.2, -0.15) is 0 Å². The molecule has 0 spiro atoms. The maximum absolute atomic E-state index is 12.5. The van der Waals surface area contributed by atoms with Crippen molar-refractivity contribution in [3.8, 4) is 0 Å². The highest BCUT2D eigenvalue weighted by Gasteiger charge is 2.34. The minimum atomic E-state index is -0.336. The van der Waals surface area contributed by atoms with Crippen molar-refractivity contribution in [3.63, 3.8) is 0 Å². The van der Waals surface area contributed by atoms with Gasteiger partial charge in [0.1, 0.15) is 6.04 Å². The zero-order valence-electron chi connectivity index (χ0n) is 14.3. The Morgan fingerprint density at radius 1 is 1.30 bits per heavy atom. The van der Waals surface area contributed by atoms with Crippen LogP contribution >= 0.6 is 0 Å². The molecular formula is C18H27N3O2. The van der Waals surface area contributed by atoms with E-state index in [9.17, 15) is 9.59 Å². The molecule has 2 atom stereocenters. The average molecular weight is 317 g/mol. The molecule has 1 heterocycles. The van der Waals surface area contributed by atoms with E-state index in [1.165, 1.54) is 11.1 Å². The summed E-state index contributed by atoms with van der Waals surface area (Å²) in [5.74, 6) is -0.0794. The number of carbonyl (C=O) groups excluding carboxylic acids is 2. The third-order valence-electron chi connectivity index (χ3n) is 4.49. The second kappa shape index (κ2) is 7.99. The Morgan fingerprint density at radius 3 is 2.61 bits per heavy atom. The summed E-state index contributed by atoms with van der Waals surface area (Å²) >= 11 is 0. The molecule has 1 aliphatic rings. The first kappa shape index (κ1) is 17.3. The van der Waals surface area contributed by atoms with Gasteiger partial charge in [0.25, 0.3) is 0 Å². The summed E-state index contributed by atoms with van der Waals surface area (Å²) < 4.78 is 0. The minimum Gasteiger partial charge on any atom is -0.357 e. The topological polar surface area (TPSA) is 61.4 Å². The SMILES string of the molecule is CC[C@H](Cc1ccc(C)cc1)NC(=O)N1CCC[C@@H]1C(=O)NC. The summed E-state index contributed by atoms with van der Waals surface area (Å²) in [6.45, 7) is 4.78. The largest absolute Gasteiger partial charge is 0.357 e. The van der Waals surface area contributed by atoms with E-state index < -0.39 is 0 Å². The summed E-state index contributed by atoms with van der Waals surface area (Å²) in [5, 5.41) is 5.73. The first-order chi connectivity index (χ1) is 11.0. The number of likely N-dealkylation sites (tertiary alicyclic amines) is 1. The van der Waals surface area contributed by atoms with Crippen LogP contribution in [0.1, 0.15) is 37.3 Å². The lowest BCUT2D eigenvalue weighted by Crippen LogP contribution is -2.51. The maximum Gasteiger partial charge on any atom is 0.318 e. The van der Waals surface area contributed by atoms with E-state index in [2.05, 4.69) is 48.7 Å². The number of benzene rings is 1. The Morgan fingerprint density at radius 2 is 2.00 bits per heavy atom. The van der Waals surface area contributed by atoms with Crippen molar-refractivity contribution in [2.75, 3.05) is 13.6 Å². The lowest BCUT2D eigenvalue weighted by atomic mass is 10.0. The van der Waals surface area contributed by atoms with Crippen LogP contribution in [-0.4, -0.2) is 42.5 Å². The Hall–Kier alpha value is -2.04. The van der Waals surface area contributed by atoms with Crippen LogP contribution < -0.4 is 10.6 Å². The van der Waals surface area contributed by atoms with Crippen molar-refractivity contribution in [3.05, 3.63) is 35.4 Å². The minimum absolute atomic E-state index is 0.0794. The van der Waals surface area contributed by atoms with Gasteiger partial charge in [-0.15, -0.1) is 0 Å². The fraction of sp³-hybridized carbons (Fsp3) is 0.556. The van der Waals surface area contributed by atoms with Gasteiger partial charge in [-0.3, -0.25) is 4.79 Å². The van der Waals surface area contributed by atoms with Crippen LogP contribution in [0, 0.1) is 6.92 Å². The number of rotatable bonds is 5. The molecule has 126 valence electrons. The van der Waals surface area contributed by atoms with Gasteiger partial charge in [0.15, 0.2) is 0 Å². The number of hydrogen-bond acceptors (Lipinski definition) is 2. The van der Waals surface area contributed by atoms with Crippen LogP contribution in [0.4, 0.5) is 4.79 Å². The maximum atomic E-state index is 12.5. The summed E-state index contributed by atoms with van der Waals surface area (Å²) in [5.41, 5.74) is 2.45. The number of likely N-dealkylation sites (N-methyl/N-ethyl adjacent to an activating group) is 1. The lowest BCUT2D eigenvalue weighted by Gasteiger charge is -2.26. The quantitative estimate of drug-likeness (QED) is 0.875. The van der Waals surface area contributed by atoms with Gasteiger partial charge in [0, 0.05) is 19.6 Å². The van der Waals surface area contributed by atoms with Gasteiger partial charge in [-0.25, -0.2) is 4.79 Å². The number of nitrogens with zero attached hydrogens (tertiary/aromatic N) is 1. The predicted octanol–water partition coefficient (Wildman–Crippen LogP) is 2.24. The third-order valence-corrected chi connectivity index (χ3v) is 4.49. The molecule has 0 aliphatic carbocycles. The monoisotopic (exact) mass is 317 g/mol. The molecule has 2 rings (SSSR count). The molecule has 1 aromatic carbocycles. The van der Waals surface area contributed by atoms with Crippen LogP contribution in [0.2, 0.25) is 0 Å². The van der Waals surface area contributed by atoms with Gasteiger partial charge in [-0.05, 0) is 38.2 Å². The summed E-state index contributed by atoms with van der Waals surface area (Å²) in [7, 11) is 1.61. The zero-order valence-corrected chi connectivity index (χ0v) is 14.3.